The molecule has 0 radical (unpaired) electrons. The molecule has 0 spiro atoms. The van der Waals surface area contributed by atoms with E-state index >= 15 is 0 Å². The lowest BCUT2D eigenvalue weighted by Crippen LogP contribution is -2.17. The number of nitrogens with zero attached hydrogens (tertiary/aromatic N) is 1. The van der Waals surface area contributed by atoms with Crippen molar-refractivity contribution in [2.24, 2.45) is 0 Å². The quantitative estimate of drug-likeness (QED) is 0.884. The molecule has 2 aromatic carbocycles. The molecule has 0 aliphatic heterocycles. The molecule has 0 bridgehead atoms. The molecular formula is C17H21FN2O. The average molecular weight is 288 g/mol. The predicted molar refractivity (Wildman–Crippen MR) is 84.1 cm³/mol. The Bertz CT molecular complexity index is 615. The molecule has 1 unspecified atom stereocenters. The van der Waals surface area contributed by atoms with Crippen molar-refractivity contribution >= 4 is 5.69 Å². The fourth-order valence-corrected chi connectivity index (χ4v) is 2.29. The first kappa shape index (κ1) is 15.3. The normalized spacial score (nSPS) is 12.2. The molecule has 1 atom stereocenters. The Kier molecular flexibility index (Phi) is 4.81. The van der Waals surface area contributed by atoms with Gasteiger partial charge in [0.2, 0.25) is 0 Å². The zero-order valence-corrected chi connectivity index (χ0v) is 12.6. The van der Waals surface area contributed by atoms with E-state index in [1.54, 1.807) is 12.1 Å². The number of halogens is 1. The van der Waals surface area contributed by atoms with Gasteiger partial charge in [0.1, 0.15) is 11.6 Å². The fraction of sp³-hybridized carbons (Fsp3) is 0.294. The van der Waals surface area contributed by atoms with Gasteiger partial charge in [-0.1, -0.05) is 18.2 Å². The van der Waals surface area contributed by atoms with Crippen molar-refractivity contribution in [3.63, 3.8) is 0 Å². The molecule has 0 saturated heterocycles. The minimum absolute atomic E-state index is 0.0903. The smallest absolute Gasteiger partial charge is 0.123 e. The van der Waals surface area contributed by atoms with Crippen molar-refractivity contribution in [3.8, 4) is 5.75 Å². The lowest BCUT2D eigenvalue weighted by Gasteiger charge is -2.21. The molecule has 0 aliphatic carbocycles. The highest BCUT2D eigenvalue weighted by atomic mass is 19.1. The summed E-state index contributed by atoms with van der Waals surface area (Å²) >= 11 is 0. The van der Waals surface area contributed by atoms with Gasteiger partial charge < -0.3 is 15.3 Å². The molecule has 2 N–H and O–H groups in total. The van der Waals surface area contributed by atoms with E-state index < -0.39 is 0 Å². The summed E-state index contributed by atoms with van der Waals surface area (Å²) < 4.78 is 13.2. The predicted octanol–water partition coefficient (Wildman–Crippen LogP) is 3.45. The van der Waals surface area contributed by atoms with Gasteiger partial charge in [-0.05, 0) is 37.7 Å². The van der Waals surface area contributed by atoms with Crippen molar-refractivity contribution in [3.05, 3.63) is 59.4 Å². The van der Waals surface area contributed by atoms with E-state index in [1.165, 1.54) is 12.1 Å². The lowest BCUT2D eigenvalue weighted by atomic mass is 10.1. The molecule has 0 fully saturated rings. The number of anilines is 1. The molecule has 2 aromatic rings. The maximum absolute atomic E-state index is 13.2. The van der Waals surface area contributed by atoms with Gasteiger partial charge in [-0.2, -0.15) is 0 Å². The summed E-state index contributed by atoms with van der Waals surface area (Å²) in [6.45, 7) is 2.57. The monoisotopic (exact) mass is 288 g/mol. The Morgan fingerprint density at radius 1 is 1.24 bits per heavy atom. The summed E-state index contributed by atoms with van der Waals surface area (Å²) in [6, 6.07) is 12.2. The fourth-order valence-electron chi connectivity index (χ4n) is 2.29. The molecule has 112 valence electrons. The van der Waals surface area contributed by atoms with Crippen LogP contribution in [0.3, 0.4) is 0 Å². The van der Waals surface area contributed by atoms with Crippen LogP contribution in [0.25, 0.3) is 0 Å². The van der Waals surface area contributed by atoms with Gasteiger partial charge in [0.15, 0.2) is 0 Å². The number of hydrogen-bond donors (Lipinski definition) is 2. The summed E-state index contributed by atoms with van der Waals surface area (Å²) in [5.74, 6) is 0.0300. The summed E-state index contributed by atoms with van der Waals surface area (Å²) in [5.41, 5.74) is 2.65. The Morgan fingerprint density at radius 2 is 2.00 bits per heavy atom. The molecule has 3 nitrogen and oxygen atoms in total. The topological polar surface area (TPSA) is 35.5 Å². The van der Waals surface area contributed by atoms with Crippen LogP contribution in [0.5, 0.6) is 5.75 Å². The van der Waals surface area contributed by atoms with Crippen molar-refractivity contribution in [2.45, 2.75) is 19.5 Å². The maximum atomic E-state index is 13.2. The number of hydrogen-bond acceptors (Lipinski definition) is 3. The molecular weight excluding hydrogens is 267 g/mol. The van der Waals surface area contributed by atoms with E-state index in [0.717, 1.165) is 16.8 Å². The van der Waals surface area contributed by atoms with Gasteiger partial charge in [-0.3, -0.25) is 0 Å². The number of nitrogens with one attached hydrogen (secondary N) is 1. The molecule has 0 amide bonds. The summed E-state index contributed by atoms with van der Waals surface area (Å²) in [6.07, 6.45) is 0. The summed E-state index contributed by atoms with van der Waals surface area (Å²) in [5, 5.41) is 13.2. The van der Waals surface area contributed by atoms with E-state index in [-0.39, 0.29) is 17.6 Å². The van der Waals surface area contributed by atoms with Crippen molar-refractivity contribution < 1.29 is 9.50 Å². The van der Waals surface area contributed by atoms with Crippen molar-refractivity contribution in [1.29, 1.82) is 0 Å². The zero-order valence-electron chi connectivity index (χ0n) is 12.6. The van der Waals surface area contributed by atoms with Crippen LogP contribution in [-0.4, -0.2) is 19.2 Å². The second-order valence-corrected chi connectivity index (χ2v) is 5.24. The summed E-state index contributed by atoms with van der Waals surface area (Å²) in [7, 11) is 3.77. The highest BCUT2D eigenvalue weighted by molar-refractivity contribution is 5.53. The van der Waals surface area contributed by atoms with E-state index in [4.69, 9.17) is 0 Å². The van der Waals surface area contributed by atoms with Crippen LogP contribution in [-0.2, 0) is 6.54 Å². The van der Waals surface area contributed by atoms with E-state index in [9.17, 15) is 9.50 Å². The Balaban J connectivity index is 2.16. The zero-order chi connectivity index (χ0) is 15.4. The van der Waals surface area contributed by atoms with Crippen LogP contribution >= 0.6 is 0 Å². The van der Waals surface area contributed by atoms with Crippen LogP contribution in [0, 0.1) is 5.82 Å². The van der Waals surface area contributed by atoms with Crippen LogP contribution in [0.1, 0.15) is 24.1 Å². The number of benzene rings is 2. The standard InChI is InChI=1S/C17H21FN2O/c1-12(19-2)16-8-7-15(10-17(16)21)20(3)11-13-5-4-6-14(18)9-13/h4-10,12,19,21H,11H2,1-3H3. The van der Waals surface area contributed by atoms with Gasteiger partial charge in [0, 0.05) is 37.0 Å². The van der Waals surface area contributed by atoms with Gasteiger partial charge >= 0.3 is 0 Å². The summed E-state index contributed by atoms with van der Waals surface area (Å²) in [4.78, 5) is 1.97. The first-order valence-corrected chi connectivity index (χ1v) is 6.97. The Morgan fingerprint density at radius 3 is 2.62 bits per heavy atom. The largest absolute Gasteiger partial charge is 0.508 e. The second kappa shape index (κ2) is 6.59. The Hall–Kier alpha value is -2.07. The first-order valence-electron chi connectivity index (χ1n) is 6.97. The number of phenols is 1. The first-order chi connectivity index (χ1) is 10.0. The van der Waals surface area contributed by atoms with Crippen LogP contribution in [0.2, 0.25) is 0 Å². The number of aromatic hydroxyl groups is 1. The van der Waals surface area contributed by atoms with Crippen LogP contribution in [0.4, 0.5) is 10.1 Å². The second-order valence-electron chi connectivity index (χ2n) is 5.24. The van der Waals surface area contributed by atoms with Gasteiger partial charge in [-0.25, -0.2) is 4.39 Å². The van der Waals surface area contributed by atoms with Crippen molar-refractivity contribution in [1.82, 2.24) is 5.32 Å². The highest BCUT2D eigenvalue weighted by Gasteiger charge is 2.11. The Labute approximate surface area is 125 Å². The molecule has 21 heavy (non-hydrogen) atoms. The molecule has 0 aliphatic rings. The van der Waals surface area contributed by atoms with Gasteiger partial charge in [-0.15, -0.1) is 0 Å². The SMILES string of the molecule is CNC(C)c1ccc(N(C)Cc2cccc(F)c2)cc1O. The molecule has 0 saturated carbocycles. The number of phenolic OH excluding ortho intramolecular Hbond substituents is 1. The highest BCUT2D eigenvalue weighted by Crippen LogP contribution is 2.29. The van der Waals surface area contributed by atoms with Gasteiger partial charge in [0.25, 0.3) is 0 Å². The van der Waals surface area contributed by atoms with Crippen molar-refractivity contribution in [2.75, 3.05) is 19.0 Å². The average Bonchev–Trinajstić information content (AvgIpc) is 2.46. The number of rotatable bonds is 5. The third-order valence-corrected chi connectivity index (χ3v) is 3.66. The third-order valence-electron chi connectivity index (χ3n) is 3.66. The molecule has 4 heteroatoms. The van der Waals surface area contributed by atoms with Crippen LogP contribution < -0.4 is 10.2 Å². The molecule has 0 heterocycles. The van der Waals surface area contributed by atoms with E-state index in [1.807, 2.05) is 44.1 Å². The molecule has 2 rings (SSSR count). The molecule has 0 aromatic heterocycles. The van der Waals surface area contributed by atoms with Crippen LogP contribution in [0.15, 0.2) is 42.5 Å². The minimum Gasteiger partial charge on any atom is -0.508 e. The lowest BCUT2D eigenvalue weighted by molar-refractivity contribution is 0.458. The maximum Gasteiger partial charge on any atom is 0.123 e. The minimum atomic E-state index is -0.234. The van der Waals surface area contributed by atoms with E-state index in [0.29, 0.717) is 6.54 Å². The van der Waals surface area contributed by atoms with Gasteiger partial charge in [0.05, 0.1) is 0 Å². The van der Waals surface area contributed by atoms with E-state index in [2.05, 4.69) is 5.32 Å². The third kappa shape index (κ3) is 3.73.